The first-order valence-corrected chi connectivity index (χ1v) is 8.72. The van der Waals surface area contributed by atoms with Crippen LogP contribution in [0.25, 0.3) is 0 Å². The van der Waals surface area contributed by atoms with E-state index in [1.54, 1.807) is 6.92 Å². The highest BCUT2D eigenvalue weighted by Gasteiger charge is 2.35. The van der Waals surface area contributed by atoms with Crippen LogP contribution in [0.5, 0.6) is 0 Å². The fourth-order valence-corrected chi connectivity index (χ4v) is 2.56. The van der Waals surface area contributed by atoms with Crippen molar-refractivity contribution in [3.63, 3.8) is 0 Å². The van der Waals surface area contributed by atoms with Crippen LogP contribution in [0.1, 0.15) is 24.6 Å². The van der Waals surface area contributed by atoms with Crippen molar-refractivity contribution in [2.45, 2.75) is 32.1 Å². The van der Waals surface area contributed by atoms with Crippen LogP contribution < -0.4 is 11.2 Å². The van der Waals surface area contributed by atoms with E-state index in [1.807, 2.05) is 0 Å². The van der Waals surface area contributed by atoms with E-state index in [1.165, 1.54) is 10.8 Å². The van der Waals surface area contributed by atoms with Gasteiger partial charge in [0.1, 0.15) is 12.8 Å². The molecule has 112 valence electrons. The highest BCUT2D eigenvalue weighted by atomic mass is 32.7. The molecule has 1 fully saturated rings. The summed E-state index contributed by atoms with van der Waals surface area (Å²) in [6.45, 7) is 1.58. The van der Waals surface area contributed by atoms with Crippen molar-refractivity contribution in [3.8, 4) is 0 Å². The summed E-state index contributed by atoms with van der Waals surface area (Å²) in [5.41, 5.74) is -0.541. The molecular weight excluding hydrogens is 307 g/mol. The monoisotopic (exact) mass is 323 g/mol. The quantitative estimate of drug-likeness (QED) is 0.463. The summed E-state index contributed by atoms with van der Waals surface area (Å²) in [6.07, 6.45) is 1.75. The average Bonchev–Trinajstić information content (AvgIpc) is 2.79. The third kappa shape index (κ3) is 3.91. The topological polar surface area (TPSA) is 114 Å². The lowest BCUT2D eigenvalue weighted by atomic mass is 10.2. The molecule has 0 unspecified atom stereocenters. The van der Waals surface area contributed by atoms with Crippen molar-refractivity contribution in [2.24, 2.45) is 0 Å². The maximum Gasteiger partial charge on any atom is 0.472 e. The van der Waals surface area contributed by atoms with Crippen LogP contribution in [-0.2, 0) is 9.26 Å². The molecule has 0 bridgehead atoms. The summed E-state index contributed by atoms with van der Waals surface area (Å²) < 4.78 is 11.7. The summed E-state index contributed by atoms with van der Waals surface area (Å²) in [5.74, 6) is 0. The van der Waals surface area contributed by atoms with Gasteiger partial charge in [0.2, 0.25) is 0 Å². The molecule has 1 saturated heterocycles. The van der Waals surface area contributed by atoms with Crippen molar-refractivity contribution >= 4 is 19.4 Å². The van der Waals surface area contributed by atoms with Gasteiger partial charge in [-0.05, 0) is 19.8 Å². The number of aromatic nitrogens is 2. The average molecular weight is 323 g/mol. The molecule has 0 amide bonds. The summed E-state index contributed by atoms with van der Waals surface area (Å²) in [4.78, 5) is 43.3. The molecule has 0 aromatic carbocycles. The van der Waals surface area contributed by atoms with Crippen LogP contribution in [0.15, 0.2) is 15.8 Å². The summed E-state index contributed by atoms with van der Waals surface area (Å²) >= 11 is 3.51. The van der Waals surface area contributed by atoms with Gasteiger partial charge in [-0.15, -0.1) is 0 Å². The normalized spacial score (nSPS) is 23.2. The molecule has 0 spiro atoms. The maximum atomic E-state index is 11.7. The Hall–Kier alpha value is -0.700. The van der Waals surface area contributed by atoms with E-state index < -0.39 is 24.6 Å². The van der Waals surface area contributed by atoms with Crippen LogP contribution in [0.2, 0.25) is 0 Å². The maximum absolute atomic E-state index is 11.7. The Kier molecular flexibility index (Phi) is 4.68. The number of aryl methyl sites for hydroxylation is 1. The molecule has 2 heterocycles. The van der Waals surface area contributed by atoms with Gasteiger partial charge in [0, 0.05) is 11.8 Å². The van der Waals surface area contributed by atoms with E-state index in [2.05, 4.69) is 17.2 Å². The number of rotatable bonds is 4. The predicted octanol–water partition coefficient (Wildman–Crippen LogP) is 0.131. The van der Waals surface area contributed by atoms with Gasteiger partial charge in [0.25, 0.3) is 5.56 Å². The van der Waals surface area contributed by atoms with Gasteiger partial charge in [-0.25, -0.2) is 4.79 Å². The van der Waals surface area contributed by atoms with E-state index in [0.717, 1.165) is 0 Å². The first-order chi connectivity index (χ1) is 9.26. The van der Waals surface area contributed by atoms with Gasteiger partial charge in [-0.3, -0.25) is 14.3 Å². The number of thiol groups is 1. The number of H-pyrrole nitrogens is 1. The van der Waals surface area contributed by atoms with Crippen LogP contribution in [0.3, 0.4) is 0 Å². The Labute approximate surface area is 120 Å². The van der Waals surface area contributed by atoms with Gasteiger partial charge >= 0.3 is 12.8 Å². The lowest BCUT2D eigenvalue weighted by Gasteiger charge is -2.15. The Balaban J connectivity index is 2.05. The van der Waals surface area contributed by atoms with Gasteiger partial charge < -0.3 is 4.74 Å². The molecule has 1 aromatic rings. The van der Waals surface area contributed by atoms with Crippen LogP contribution in [0, 0.1) is 6.92 Å². The first kappa shape index (κ1) is 15.7. The highest BCUT2D eigenvalue weighted by Crippen LogP contribution is 2.56. The minimum absolute atomic E-state index is 0.0160. The van der Waals surface area contributed by atoms with Crippen molar-refractivity contribution in [1.82, 2.24) is 9.55 Å². The van der Waals surface area contributed by atoms with Crippen LogP contribution in [0.4, 0.5) is 0 Å². The molecule has 2 atom stereocenters. The van der Waals surface area contributed by atoms with E-state index in [9.17, 15) is 9.59 Å². The molecule has 20 heavy (non-hydrogen) atoms. The second-order valence-electron chi connectivity index (χ2n) is 4.58. The number of ether oxygens (including phenoxy) is 1. The van der Waals surface area contributed by atoms with Gasteiger partial charge in [0.05, 0.1) is 18.4 Å². The molecule has 1 aliphatic heterocycles. The number of nitrogens with one attached hydrogen (secondary N) is 1. The van der Waals surface area contributed by atoms with E-state index >= 15 is 0 Å². The SMILES string of the molecule is Cc1cn([C@H]2CC[C@@H](CO[P+](O)(O)S)O2)c(=O)[nH]c1=O. The highest BCUT2D eigenvalue weighted by molar-refractivity contribution is 8.47. The molecule has 0 radical (unpaired) electrons. The summed E-state index contributed by atoms with van der Waals surface area (Å²) in [7, 11) is -3.59. The third-order valence-corrected chi connectivity index (χ3v) is 3.82. The Morgan fingerprint density at radius 3 is 2.90 bits per heavy atom. The summed E-state index contributed by atoms with van der Waals surface area (Å²) in [6, 6.07) is 0. The van der Waals surface area contributed by atoms with Crippen molar-refractivity contribution < 1.29 is 19.0 Å². The fourth-order valence-electron chi connectivity index (χ4n) is 2.00. The first-order valence-electron chi connectivity index (χ1n) is 5.95. The molecular formula is C10H16N2O6PS+. The summed E-state index contributed by atoms with van der Waals surface area (Å²) in [5, 5.41) is 0. The molecule has 0 saturated carbocycles. The minimum Gasteiger partial charge on any atom is -0.352 e. The van der Waals surface area contributed by atoms with Gasteiger partial charge in [-0.1, -0.05) is 0 Å². The zero-order valence-electron chi connectivity index (χ0n) is 10.7. The smallest absolute Gasteiger partial charge is 0.352 e. The van der Waals surface area contributed by atoms with E-state index in [-0.39, 0.29) is 12.7 Å². The molecule has 0 aliphatic carbocycles. The number of nitrogens with zero attached hydrogens (tertiary/aromatic N) is 1. The Bertz CT molecular complexity index is 595. The van der Waals surface area contributed by atoms with Crippen molar-refractivity contribution in [3.05, 3.63) is 32.6 Å². The second-order valence-corrected chi connectivity index (χ2v) is 7.43. The lowest BCUT2D eigenvalue weighted by molar-refractivity contribution is -0.0221. The Morgan fingerprint density at radius 2 is 2.25 bits per heavy atom. The number of aromatic amines is 1. The predicted molar refractivity (Wildman–Crippen MR) is 75.5 cm³/mol. The van der Waals surface area contributed by atoms with Crippen LogP contribution in [-0.4, -0.2) is 32.0 Å². The fraction of sp³-hybridized carbons (Fsp3) is 0.600. The number of hydrogen-bond acceptors (Lipinski definition) is 7. The van der Waals surface area contributed by atoms with E-state index in [4.69, 9.17) is 19.0 Å². The molecule has 2 rings (SSSR count). The molecule has 8 nitrogen and oxygen atoms in total. The molecule has 10 heteroatoms. The lowest BCUT2D eigenvalue weighted by Crippen LogP contribution is -2.33. The third-order valence-electron chi connectivity index (χ3n) is 2.97. The second kappa shape index (κ2) is 5.97. The standard InChI is InChI=1S/C10H15N2O6PS/c1-6-4-12(10(14)11-9(6)13)8-3-2-7(18-8)5-17-19(15,16)20/h4,7-8,15-16,20H,2-3,5H2,1H3/p+1/t7-,8+/m0/s1. The van der Waals surface area contributed by atoms with Crippen LogP contribution >= 0.6 is 19.4 Å². The van der Waals surface area contributed by atoms with Gasteiger partial charge in [0.15, 0.2) is 0 Å². The molecule has 3 N–H and O–H groups in total. The Morgan fingerprint density at radius 1 is 1.55 bits per heavy atom. The number of hydrogen-bond donors (Lipinski definition) is 4. The minimum atomic E-state index is -3.59. The molecule has 1 aromatic heterocycles. The van der Waals surface area contributed by atoms with E-state index in [0.29, 0.717) is 18.4 Å². The zero-order chi connectivity index (χ0) is 14.9. The van der Waals surface area contributed by atoms with Crippen molar-refractivity contribution in [2.75, 3.05) is 6.61 Å². The van der Waals surface area contributed by atoms with Gasteiger partial charge in [-0.2, -0.15) is 14.3 Å². The van der Waals surface area contributed by atoms with Crippen molar-refractivity contribution in [1.29, 1.82) is 0 Å². The zero-order valence-corrected chi connectivity index (χ0v) is 12.5. The largest absolute Gasteiger partial charge is 0.472 e. The molecule has 1 aliphatic rings.